The SMILES string of the molecule is CCOCOc1ccc(-c2ccc(C(CC)(CC)CC)cc2)cc1I. The van der Waals surface area contributed by atoms with Gasteiger partial charge in [0.25, 0.3) is 0 Å². The lowest BCUT2D eigenvalue weighted by atomic mass is 9.73. The zero-order valence-corrected chi connectivity index (χ0v) is 17.9. The Morgan fingerprint density at radius 1 is 0.840 bits per heavy atom. The predicted octanol–water partition coefficient (Wildman–Crippen LogP) is 6.80. The molecule has 0 aliphatic carbocycles. The summed E-state index contributed by atoms with van der Waals surface area (Å²) in [7, 11) is 0. The molecule has 0 fully saturated rings. The number of benzene rings is 2. The van der Waals surface area contributed by atoms with E-state index in [-0.39, 0.29) is 0 Å². The molecule has 0 saturated carbocycles. The van der Waals surface area contributed by atoms with Gasteiger partial charge in [0, 0.05) is 6.61 Å². The summed E-state index contributed by atoms with van der Waals surface area (Å²) in [5.74, 6) is 0.872. The molecular formula is C22H29IO2. The molecule has 0 atom stereocenters. The van der Waals surface area contributed by atoms with Crippen molar-refractivity contribution in [3.05, 3.63) is 51.6 Å². The molecule has 0 saturated heterocycles. The Morgan fingerprint density at radius 2 is 1.44 bits per heavy atom. The van der Waals surface area contributed by atoms with Gasteiger partial charge in [-0.2, -0.15) is 0 Å². The van der Waals surface area contributed by atoms with E-state index in [1.165, 1.54) is 36.0 Å². The van der Waals surface area contributed by atoms with Gasteiger partial charge in [-0.25, -0.2) is 0 Å². The maximum absolute atomic E-state index is 5.65. The fourth-order valence-corrected chi connectivity index (χ4v) is 4.04. The van der Waals surface area contributed by atoms with Crippen LogP contribution in [0.25, 0.3) is 11.1 Å². The van der Waals surface area contributed by atoms with Crippen LogP contribution in [-0.2, 0) is 10.2 Å². The molecular weight excluding hydrogens is 423 g/mol. The maximum Gasteiger partial charge on any atom is 0.189 e. The van der Waals surface area contributed by atoms with E-state index in [9.17, 15) is 0 Å². The van der Waals surface area contributed by atoms with Crippen molar-refractivity contribution in [1.29, 1.82) is 0 Å². The van der Waals surface area contributed by atoms with Crippen LogP contribution in [0.3, 0.4) is 0 Å². The average molecular weight is 452 g/mol. The lowest BCUT2D eigenvalue weighted by Gasteiger charge is -2.31. The molecule has 0 aliphatic heterocycles. The van der Waals surface area contributed by atoms with E-state index < -0.39 is 0 Å². The normalized spacial score (nSPS) is 11.6. The highest BCUT2D eigenvalue weighted by Crippen LogP contribution is 2.36. The maximum atomic E-state index is 5.65. The minimum absolute atomic E-state index is 0.299. The molecule has 3 heteroatoms. The first-order chi connectivity index (χ1) is 12.1. The molecule has 2 nitrogen and oxygen atoms in total. The second-order valence-electron chi connectivity index (χ2n) is 6.32. The molecule has 0 unspecified atom stereocenters. The van der Waals surface area contributed by atoms with E-state index in [0.29, 0.717) is 18.8 Å². The van der Waals surface area contributed by atoms with E-state index in [1.54, 1.807) is 0 Å². The Labute approximate surface area is 166 Å². The fourth-order valence-electron chi connectivity index (χ4n) is 3.36. The monoisotopic (exact) mass is 452 g/mol. The Kier molecular flexibility index (Phi) is 7.76. The topological polar surface area (TPSA) is 18.5 Å². The summed E-state index contributed by atoms with van der Waals surface area (Å²) in [6.07, 6.45) is 3.55. The molecule has 0 aliphatic rings. The summed E-state index contributed by atoms with van der Waals surface area (Å²) >= 11 is 2.32. The highest BCUT2D eigenvalue weighted by molar-refractivity contribution is 14.1. The summed E-state index contributed by atoms with van der Waals surface area (Å²) in [4.78, 5) is 0. The van der Waals surface area contributed by atoms with Crippen molar-refractivity contribution in [3.8, 4) is 16.9 Å². The van der Waals surface area contributed by atoms with Crippen molar-refractivity contribution in [2.75, 3.05) is 13.4 Å². The van der Waals surface area contributed by atoms with E-state index in [1.807, 2.05) is 13.0 Å². The molecule has 0 spiro atoms. The van der Waals surface area contributed by atoms with Crippen molar-refractivity contribution in [2.24, 2.45) is 0 Å². The Balaban J connectivity index is 2.21. The zero-order valence-electron chi connectivity index (χ0n) is 15.8. The van der Waals surface area contributed by atoms with Crippen LogP contribution >= 0.6 is 22.6 Å². The minimum Gasteiger partial charge on any atom is -0.466 e. The summed E-state index contributed by atoms with van der Waals surface area (Å²) in [6, 6.07) is 15.4. The van der Waals surface area contributed by atoms with Gasteiger partial charge < -0.3 is 9.47 Å². The van der Waals surface area contributed by atoms with Gasteiger partial charge in [-0.15, -0.1) is 0 Å². The van der Waals surface area contributed by atoms with E-state index in [0.717, 1.165) is 9.32 Å². The Hall–Kier alpha value is -1.07. The molecule has 136 valence electrons. The van der Waals surface area contributed by atoms with Crippen molar-refractivity contribution >= 4 is 22.6 Å². The van der Waals surface area contributed by atoms with Crippen LogP contribution in [0.5, 0.6) is 5.75 Å². The first kappa shape index (κ1) is 20.2. The highest BCUT2D eigenvalue weighted by Gasteiger charge is 2.25. The molecule has 0 aromatic heterocycles. The molecule has 25 heavy (non-hydrogen) atoms. The quantitative estimate of drug-likeness (QED) is 0.237. The molecule has 0 heterocycles. The minimum atomic E-state index is 0.299. The summed E-state index contributed by atoms with van der Waals surface area (Å²) in [5, 5.41) is 0. The van der Waals surface area contributed by atoms with Gasteiger partial charge in [0.1, 0.15) is 5.75 Å². The fraction of sp³-hybridized carbons (Fsp3) is 0.455. The number of hydrogen-bond acceptors (Lipinski definition) is 2. The van der Waals surface area contributed by atoms with E-state index in [4.69, 9.17) is 9.47 Å². The van der Waals surface area contributed by atoms with Crippen molar-refractivity contribution < 1.29 is 9.47 Å². The molecule has 0 amide bonds. The number of hydrogen-bond donors (Lipinski definition) is 0. The highest BCUT2D eigenvalue weighted by atomic mass is 127. The predicted molar refractivity (Wildman–Crippen MR) is 114 cm³/mol. The van der Waals surface area contributed by atoms with Crippen molar-refractivity contribution in [2.45, 2.75) is 52.4 Å². The molecule has 0 bridgehead atoms. The van der Waals surface area contributed by atoms with Gasteiger partial charge >= 0.3 is 0 Å². The first-order valence-corrected chi connectivity index (χ1v) is 10.3. The van der Waals surface area contributed by atoms with Crippen LogP contribution < -0.4 is 4.74 Å². The molecule has 0 N–H and O–H groups in total. The Morgan fingerprint density at radius 3 is 1.96 bits per heavy atom. The summed E-state index contributed by atoms with van der Waals surface area (Å²) in [5.41, 5.74) is 4.23. The standard InChI is InChI=1S/C22H29IO2/c1-5-22(6-2,7-3)19-12-9-17(10-13-19)18-11-14-21(20(23)15-18)25-16-24-8-4/h9-15H,5-8,16H2,1-4H3. The van der Waals surface area contributed by atoms with E-state index >= 15 is 0 Å². The van der Waals surface area contributed by atoms with Gasteiger partial charge in [-0.1, -0.05) is 51.1 Å². The Bertz CT molecular complexity index is 652. The van der Waals surface area contributed by atoms with Crippen LogP contribution in [0.2, 0.25) is 0 Å². The summed E-state index contributed by atoms with van der Waals surface area (Å²) in [6.45, 7) is 9.81. The van der Waals surface area contributed by atoms with Crippen LogP contribution in [0.15, 0.2) is 42.5 Å². The second-order valence-corrected chi connectivity index (χ2v) is 7.48. The van der Waals surface area contributed by atoms with Crippen LogP contribution in [-0.4, -0.2) is 13.4 Å². The molecule has 2 aromatic carbocycles. The smallest absolute Gasteiger partial charge is 0.189 e. The largest absolute Gasteiger partial charge is 0.466 e. The van der Waals surface area contributed by atoms with Crippen molar-refractivity contribution in [1.82, 2.24) is 0 Å². The second kappa shape index (κ2) is 9.58. The third-order valence-corrected chi connectivity index (χ3v) is 6.14. The number of ether oxygens (including phenoxy) is 2. The summed E-state index contributed by atoms with van der Waals surface area (Å²) < 4.78 is 12.0. The number of rotatable bonds is 9. The molecule has 2 aromatic rings. The van der Waals surface area contributed by atoms with E-state index in [2.05, 4.69) is 79.8 Å². The van der Waals surface area contributed by atoms with Crippen LogP contribution in [0.4, 0.5) is 0 Å². The van der Waals surface area contributed by atoms with Crippen LogP contribution in [0.1, 0.15) is 52.5 Å². The third kappa shape index (κ3) is 4.76. The van der Waals surface area contributed by atoms with Crippen molar-refractivity contribution in [3.63, 3.8) is 0 Å². The van der Waals surface area contributed by atoms with Crippen LogP contribution in [0, 0.1) is 3.57 Å². The molecule has 0 radical (unpaired) electrons. The zero-order chi connectivity index (χ0) is 18.3. The van der Waals surface area contributed by atoms with Gasteiger partial charge in [0.2, 0.25) is 0 Å². The first-order valence-electron chi connectivity index (χ1n) is 9.21. The molecule has 2 rings (SSSR count). The van der Waals surface area contributed by atoms with Gasteiger partial charge in [-0.05, 0) is 83.0 Å². The lowest BCUT2D eigenvalue weighted by Crippen LogP contribution is -2.23. The third-order valence-electron chi connectivity index (χ3n) is 5.29. The average Bonchev–Trinajstić information content (AvgIpc) is 2.66. The van der Waals surface area contributed by atoms with Gasteiger partial charge in [0.15, 0.2) is 6.79 Å². The number of halogens is 1. The van der Waals surface area contributed by atoms with Gasteiger partial charge in [0.05, 0.1) is 3.57 Å². The van der Waals surface area contributed by atoms with Gasteiger partial charge in [-0.3, -0.25) is 0 Å². The lowest BCUT2D eigenvalue weighted by molar-refractivity contribution is 0.0219.